The van der Waals surface area contributed by atoms with E-state index in [4.69, 9.17) is 29.1 Å². The molecule has 192 valence electrons. The molecule has 8 heteroatoms. The number of benzene rings is 3. The first kappa shape index (κ1) is 24.8. The Morgan fingerprint density at radius 3 is 2.53 bits per heavy atom. The molecule has 0 saturated carbocycles. The van der Waals surface area contributed by atoms with Crippen molar-refractivity contribution in [1.82, 2.24) is 0 Å². The molecule has 0 spiro atoms. The van der Waals surface area contributed by atoms with Gasteiger partial charge in [0.25, 0.3) is 0 Å². The maximum Gasteiger partial charge on any atom is 0.379 e. The lowest BCUT2D eigenvalue weighted by molar-refractivity contribution is 0.0702. The number of para-hydroxylation sites is 1. The van der Waals surface area contributed by atoms with Gasteiger partial charge in [-0.1, -0.05) is 30.3 Å². The number of rotatable bonds is 7. The molecule has 1 unspecified atom stereocenters. The molecule has 0 amide bonds. The van der Waals surface area contributed by atoms with E-state index in [9.17, 15) is 10.1 Å². The van der Waals surface area contributed by atoms with Gasteiger partial charge >= 0.3 is 5.97 Å². The molecule has 2 N–H and O–H groups in total. The standard InChI is InChI=1S/C30H26N2O6/c1-4-34-24-13-10-18(14-26(24)35-5-2)27-21-12-11-19(15-25(21)38-29(32)22(27)16-31)36-30(33)28-17(3)20-8-6-7-9-23(20)37-28/h6-15,27H,4-5,32H2,1-3H3. The number of aryl methyl sites for hydroxylation is 1. The van der Waals surface area contributed by atoms with Crippen LogP contribution in [0, 0.1) is 18.3 Å². The maximum atomic E-state index is 12.9. The first-order chi connectivity index (χ1) is 18.4. The maximum absolute atomic E-state index is 12.9. The zero-order valence-corrected chi connectivity index (χ0v) is 21.2. The number of hydrogen-bond donors (Lipinski definition) is 1. The lowest BCUT2D eigenvalue weighted by Crippen LogP contribution is -2.21. The van der Waals surface area contributed by atoms with E-state index in [0.29, 0.717) is 47.2 Å². The van der Waals surface area contributed by atoms with Crippen LogP contribution >= 0.6 is 0 Å². The number of carbonyl (C=O) groups excluding carboxylic acids is 1. The topological polar surface area (TPSA) is 117 Å². The molecule has 1 aliphatic heterocycles. The first-order valence-corrected chi connectivity index (χ1v) is 12.3. The smallest absolute Gasteiger partial charge is 0.379 e. The Balaban J connectivity index is 1.50. The fraction of sp³-hybridized carbons (Fsp3) is 0.200. The number of nitrogens with zero attached hydrogens (tertiary/aromatic N) is 1. The van der Waals surface area contributed by atoms with Gasteiger partial charge in [0, 0.05) is 22.6 Å². The van der Waals surface area contributed by atoms with E-state index < -0.39 is 11.9 Å². The van der Waals surface area contributed by atoms with Crippen molar-refractivity contribution in [2.24, 2.45) is 5.73 Å². The normalized spacial score (nSPS) is 14.4. The molecular weight excluding hydrogens is 484 g/mol. The van der Waals surface area contributed by atoms with Gasteiger partial charge in [-0.25, -0.2) is 4.79 Å². The molecule has 8 nitrogen and oxygen atoms in total. The van der Waals surface area contributed by atoms with Crippen LogP contribution in [0.5, 0.6) is 23.0 Å². The minimum absolute atomic E-state index is 0.0200. The first-order valence-electron chi connectivity index (χ1n) is 12.3. The Morgan fingerprint density at radius 1 is 1.03 bits per heavy atom. The van der Waals surface area contributed by atoms with Crippen LogP contribution in [0.25, 0.3) is 11.0 Å². The average molecular weight is 511 g/mol. The summed E-state index contributed by atoms with van der Waals surface area (Å²) in [4.78, 5) is 12.9. The summed E-state index contributed by atoms with van der Waals surface area (Å²) in [6, 6.07) is 20.1. The number of nitriles is 1. The monoisotopic (exact) mass is 510 g/mol. The van der Waals surface area contributed by atoms with Crippen LogP contribution < -0.4 is 24.7 Å². The van der Waals surface area contributed by atoms with E-state index >= 15 is 0 Å². The minimum atomic E-state index is -0.625. The van der Waals surface area contributed by atoms with E-state index in [-0.39, 0.29) is 23.0 Å². The molecule has 5 rings (SSSR count). The van der Waals surface area contributed by atoms with Gasteiger partial charge in [-0.05, 0) is 50.6 Å². The van der Waals surface area contributed by atoms with Crippen molar-refractivity contribution in [1.29, 1.82) is 5.26 Å². The summed E-state index contributed by atoms with van der Waals surface area (Å²) < 4.78 is 28.6. The number of ether oxygens (including phenoxy) is 4. The number of hydrogen-bond acceptors (Lipinski definition) is 8. The van der Waals surface area contributed by atoms with E-state index in [0.717, 1.165) is 10.9 Å². The molecular formula is C30H26N2O6. The summed E-state index contributed by atoms with van der Waals surface area (Å²) in [5.74, 6) is 0.792. The van der Waals surface area contributed by atoms with Gasteiger partial charge in [-0.3, -0.25) is 0 Å². The fourth-order valence-electron chi connectivity index (χ4n) is 4.61. The van der Waals surface area contributed by atoms with Gasteiger partial charge in [-0.15, -0.1) is 0 Å². The lowest BCUT2D eigenvalue weighted by Gasteiger charge is -2.27. The second kappa shape index (κ2) is 10.2. The van der Waals surface area contributed by atoms with Crippen LogP contribution in [0.15, 0.2) is 76.5 Å². The molecule has 1 atom stereocenters. The summed E-state index contributed by atoms with van der Waals surface area (Å²) in [5.41, 5.74) is 9.22. The van der Waals surface area contributed by atoms with E-state index in [1.54, 1.807) is 24.3 Å². The molecule has 0 bridgehead atoms. The van der Waals surface area contributed by atoms with Gasteiger partial charge in [-0.2, -0.15) is 5.26 Å². The molecule has 0 radical (unpaired) electrons. The molecule has 1 aliphatic rings. The van der Waals surface area contributed by atoms with Crippen LogP contribution in [0.1, 0.15) is 47.0 Å². The van der Waals surface area contributed by atoms with Crippen LogP contribution in [0.2, 0.25) is 0 Å². The zero-order chi connectivity index (χ0) is 26.8. The highest BCUT2D eigenvalue weighted by atomic mass is 16.5. The van der Waals surface area contributed by atoms with Crippen molar-refractivity contribution in [2.45, 2.75) is 26.7 Å². The van der Waals surface area contributed by atoms with Crippen LogP contribution in [-0.4, -0.2) is 19.2 Å². The second-order valence-corrected chi connectivity index (χ2v) is 8.64. The van der Waals surface area contributed by atoms with Gasteiger partial charge in [0.1, 0.15) is 28.7 Å². The Bertz CT molecular complexity index is 1610. The minimum Gasteiger partial charge on any atom is -0.490 e. The van der Waals surface area contributed by atoms with Crippen molar-refractivity contribution < 1.29 is 28.2 Å². The Hall–Kier alpha value is -4.90. The fourth-order valence-corrected chi connectivity index (χ4v) is 4.61. The molecule has 3 aromatic carbocycles. The number of furan rings is 1. The van der Waals surface area contributed by atoms with Crippen molar-refractivity contribution in [3.63, 3.8) is 0 Å². The summed E-state index contributed by atoms with van der Waals surface area (Å²) in [5, 5.41) is 10.8. The molecule has 38 heavy (non-hydrogen) atoms. The number of allylic oxidation sites excluding steroid dienone is 1. The quantitative estimate of drug-likeness (QED) is 0.238. The van der Waals surface area contributed by atoms with Crippen LogP contribution in [-0.2, 0) is 0 Å². The highest BCUT2D eigenvalue weighted by Crippen LogP contribution is 2.45. The SMILES string of the molecule is CCOc1ccc(C2C(C#N)=C(N)Oc3cc(OC(=O)c4oc5ccccc5c4C)ccc32)cc1OCC. The summed E-state index contributed by atoms with van der Waals surface area (Å²) in [6.07, 6.45) is 0. The third kappa shape index (κ3) is 4.39. The number of carbonyl (C=O) groups is 1. The van der Waals surface area contributed by atoms with Gasteiger partial charge in [0.05, 0.1) is 19.1 Å². The van der Waals surface area contributed by atoms with Crippen molar-refractivity contribution in [2.75, 3.05) is 13.2 Å². The third-order valence-electron chi connectivity index (χ3n) is 6.33. The molecule has 4 aromatic rings. The number of esters is 1. The summed E-state index contributed by atoms with van der Waals surface area (Å²) in [7, 11) is 0. The van der Waals surface area contributed by atoms with Crippen molar-refractivity contribution in [3.8, 4) is 29.1 Å². The van der Waals surface area contributed by atoms with Gasteiger partial charge in [0.15, 0.2) is 11.5 Å². The van der Waals surface area contributed by atoms with Crippen molar-refractivity contribution >= 4 is 16.9 Å². The van der Waals surface area contributed by atoms with Crippen LogP contribution in [0.3, 0.4) is 0 Å². The Morgan fingerprint density at radius 2 is 1.79 bits per heavy atom. The van der Waals surface area contributed by atoms with Gasteiger partial charge in [0.2, 0.25) is 11.6 Å². The van der Waals surface area contributed by atoms with E-state index in [1.807, 2.05) is 57.2 Å². The average Bonchev–Trinajstić information content (AvgIpc) is 3.25. The van der Waals surface area contributed by atoms with E-state index in [1.165, 1.54) is 0 Å². The zero-order valence-electron chi connectivity index (χ0n) is 21.2. The molecule has 0 saturated heterocycles. The summed E-state index contributed by atoms with van der Waals surface area (Å²) >= 11 is 0. The number of fused-ring (bicyclic) bond motifs is 2. The summed E-state index contributed by atoms with van der Waals surface area (Å²) in [6.45, 7) is 6.54. The molecule has 2 heterocycles. The van der Waals surface area contributed by atoms with Gasteiger partial charge < -0.3 is 29.1 Å². The lowest BCUT2D eigenvalue weighted by atomic mass is 9.83. The van der Waals surface area contributed by atoms with Crippen LogP contribution in [0.4, 0.5) is 0 Å². The highest BCUT2D eigenvalue weighted by Gasteiger charge is 2.32. The number of nitrogens with two attached hydrogens (primary N) is 1. The predicted octanol–water partition coefficient (Wildman–Crippen LogP) is 5.98. The largest absolute Gasteiger partial charge is 0.490 e. The Kier molecular flexibility index (Phi) is 6.67. The molecule has 0 fully saturated rings. The van der Waals surface area contributed by atoms with Crippen molar-refractivity contribution in [3.05, 3.63) is 94.6 Å². The van der Waals surface area contributed by atoms with E-state index in [2.05, 4.69) is 6.07 Å². The highest BCUT2D eigenvalue weighted by molar-refractivity contribution is 5.96. The molecule has 1 aromatic heterocycles. The second-order valence-electron chi connectivity index (χ2n) is 8.64. The predicted molar refractivity (Wildman–Crippen MR) is 140 cm³/mol. The molecule has 0 aliphatic carbocycles. The Labute approximate surface area is 219 Å². The third-order valence-corrected chi connectivity index (χ3v) is 6.33.